The third-order valence-corrected chi connectivity index (χ3v) is 5.41. The van der Waals surface area contributed by atoms with Gasteiger partial charge in [0.1, 0.15) is 0 Å². The minimum absolute atomic E-state index is 0.0147. The number of aromatic nitrogens is 1. The van der Waals surface area contributed by atoms with Gasteiger partial charge in [-0.25, -0.2) is 13.4 Å². The third kappa shape index (κ3) is 3.57. The fourth-order valence-corrected chi connectivity index (χ4v) is 4.10. The average molecular weight is 346 g/mol. The highest BCUT2D eigenvalue weighted by atomic mass is 32.2. The van der Waals surface area contributed by atoms with E-state index in [9.17, 15) is 13.2 Å². The Labute approximate surface area is 137 Å². The Bertz CT molecular complexity index is 945. The van der Waals surface area contributed by atoms with Crippen LogP contribution >= 0.6 is 11.3 Å². The number of carbonyl (C=O) groups excluding carboxylic acids is 1. The van der Waals surface area contributed by atoms with E-state index >= 15 is 0 Å². The minimum atomic E-state index is -3.37. The standard InChI is InChI=1S/C16H14N2O3S2/c1-23(20,21)14-9-5-2-6-11(14)10-15(19)18-16-17-12-7-3-4-8-13(12)22-16/h2-9H,10H2,1H3,(H,17,18,19). The lowest BCUT2D eigenvalue weighted by Gasteiger charge is -2.07. The summed E-state index contributed by atoms with van der Waals surface area (Å²) < 4.78 is 24.5. The van der Waals surface area contributed by atoms with Crippen molar-refractivity contribution in [1.82, 2.24) is 4.98 Å². The van der Waals surface area contributed by atoms with Gasteiger partial charge in [0.25, 0.3) is 0 Å². The van der Waals surface area contributed by atoms with Crippen LogP contribution in [0.1, 0.15) is 5.56 Å². The molecule has 1 heterocycles. The smallest absolute Gasteiger partial charge is 0.230 e. The van der Waals surface area contributed by atoms with E-state index in [2.05, 4.69) is 10.3 Å². The van der Waals surface area contributed by atoms with Gasteiger partial charge in [0.15, 0.2) is 15.0 Å². The Morgan fingerprint density at radius 1 is 1.13 bits per heavy atom. The summed E-state index contributed by atoms with van der Waals surface area (Å²) in [6.45, 7) is 0. The van der Waals surface area contributed by atoms with E-state index in [1.807, 2.05) is 24.3 Å². The zero-order valence-electron chi connectivity index (χ0n) is 12.3. The van der Waals surface area contributed by atoms with Gasteiger partial charge in [0.05, 0.1) is 21.5 Å². The number of hydrogen-bond donors (Lipinski definition) is 1. The predicted octanol–water partition coefficient (Wildman–Crippen LogP) is 2.88. The zero-order valence-corrected chi connectivity index (χ0v) is 13.9. The van der Waals surface area contributed by atoms with E-state index in [1.165, 1.54) is 17.4 Å². The lowest BCUT2D eigenvalue weighted by atomic mass is 10.1. The molecule has 1 N–H and O–H groups in total. The second kappa shape index (κ2) is 6.10. The molecular weight excluding hydrogens is 332 g/mol. The normalized spacial score (nSPS) is 11.5. The molecule has 0 unspecified atom stereocenters. The predicted molar refractivity (Wildman–Crippen MR) is 91.5 cm³/mol. The highest BCUT2D eigenvalue weighted by Crippen LogP contribution is 2.25. The topological polar surface area (TPSA) is 76.1 Å². The van der Waals surface area contributed by atoms with Crippen LogP contribution in [0.15, 0.2) is 53.4 Å². The summed E-state index contributed by atoms with van der Waals surface area (Å²) in [5.41, 5.74) is 1.30. The molecule has 0 saturated heterocycles. The maximum Gasteiger partial charge on any atom is 0.230 e. The Balaban J connectivity index is 1.80. The third-order valence-electron chi connectivity index (χ3n) is 3.26. The first kappa shape index (κ1) is 15.6. The number of amides is 1. The number of nitrogens with zero attached hydrogens (tertiary/aromatic N) is 1. The number of para-hydroxylation sites is 1. The maximum absolute atomic E-state index is 12.2. The van der Waals surface area contributed by atoms with Crippen LogP contribution in [0.5, 0.6) is 0 Å². The van der Waals surface area contributed by atoms with Crippen LogP contribution in [0, 0.1) is 0 Å². The van der Waals surface area contributed by atoms with Crippen molar-refractivity contribution in [2.75, 3.05) is 11.6 Å². The van der Waals surface area contributed by atoms with Gasteiger partial charge in [0, 0.05) is 6.26 Å². The number of nitrogens with one attached hydrogen (secondary N) is 1. The Morgan fingerprint density at radius 3 is 2.57 bits per heavy atom. The highest BCUT2D eigenvalue weighted by molar-refractivity contribution is 7.90. The highest BCUT2D eigenvalue weighted by Gasteiger charge is 2.16. The number of carbonyl (C=O) groups is 1. The van der Waals surface area contributed by atoms with Crippen LogP contribution < -0.4 is 5.32 Å². The first-order chi connectivity index (χ1) is 10.9. The molecule has 0 bridgehead atoms. The van der Waals surface area contributed by atoms with Crippen LogP contribution in [-0.2, 0) is 21.1 Å². The molecule has 0 aliphatic carbocycles. The molecule has 23 heavy (non-hydrogen) atoms. The first-order valence-corrected chi connectivity index (χ1v) is 9.58. The Morgan fingerprint density at radius 2 is 1.83 bits per heavy atom. The van der Waals surface area contributed by atoms with Gasteiger partial charge >= 0.3 is 0 Å². The van der Waals surface area contributed by atoms with Crippen molar-refractivity contribution >= 4 is 42.4 Å². The van der Waals surface area contributed by atoms with Crippen molar-refractivity contribution in [3.63, 3.8) is 0 Å². The number of sulfone groups is 1. The van der Waals surface area contributed by atoms with Crippen LogP contribution in [0.2, 0.25) is 0 Å². The van der Waals surface area contributed by atoms with Crippen molar-refractivity contribution in [1.29, 1.82) is 0 Å². The quantitative estimate of drug-likeness (QED) is 0.788. The summed E-state index contributed by atoms with van der Waals surface area (Å²) in [5.74, 6) is -0.292. The molecule has 0 spiro atoms. The number of benzene rings is 2. The van der Waals surface area contributed by atoms with Crippen molar-refractivity contribution in [3.05, 3.63) is 54.1 Å². The van der Waals surface area contributed by atoms with Crippen molar-refractivity contribution in [3.8, 4) is 0 Å². The van der Waals surface area contributed by atoms with Gasteiger partial charge in [0.2, 0.25) is 5.91 Å². The monoisotopic (exact) mass is 346 g/mol. The second-order valence-corrected chi connectivity index (χ2v) is 8.11. The molecule has 0 saturated carbocycles. The van der Waals surface area contributed by atoms with Crippen LogP contribution in [0.25, 0.3) is 10.2 Å². The average Bonchev–Trinajstić information content (AvgIpc) is 2.88. The number of rotatable bonds is 4. The van der Waals surface area contributed by atoms with Crippen molar-refractivity contribution in [2.45, 2.75) is 11.3 Å². The molecule has 0 atom stereocenters. The van der Waals surface area contributed by atoms with E-state index in [-0.39, 0.29) is 17.2 Å². The fourth-order valence-electron chi connectivity index (χ4n) is 2.27. The van der Waals surface area contributed by atoms with Crippen LogP contribution in [-0.4, -0.2) is 25.6 Å². The molecule has 3 aromatic rings. The van der Waals surface area contributed by atoms with E-state index < -0.39 is 9.84 Å². The zero-order chi connectivity index (χ0) is 16.4. The largest absolute Gasteiger partial charge is 0.302 e. The van der Waals surface area contributed by atoms with E-state index in [4.69, 9.17) is 0 Å². The molecule has 0 aliphatic heterocycles. The summed E-state index contributed by atoms with van der Waals surface area (Å²) in [6.07, 6.45) is 1.12. The van der Waals surface area contributed by atoms with Gasteiger partial charge in [-0.15, -0.1) is 0 Å². The number of anilines is 1. The number of fused-ring (bicyclic) bond motifs is 1. The summed E-state index contributed by atoms with van der Waals surface area (Å²) in [7, 11) is -3.37. The fraction of sp³-hybridized carbons (Fsp3) is 0.125. The van der Waals surface area contributed by atoms with Crippen LogP contribution in [0.4, 0.5) is 5.13 Å². The molecule has 2 aromatic carbocycles. The maximum atomic E-state index is 12.2. The molecule has 0 radical (unpaired) electrons. The first-order valence-electron chi connectivity index (χ1n) is 6.87. The molecule has 0 aliphatic rings. The molecule has 7 heteroatoms. The van der Waals surface area contributed by atoms with Crippen LogP contribution in [0.3, 0.4) is 0 Å². The second-order valence-electron chi connectivity index (χ2n) is 5.09. The summed E-state index contributed by atoms with van der Waals surface area (Å²) in [5, 5.41) is 3.24. The Kier molecular flexibility index (Phi) is 4.14. The summed E-state index contributed by atoms with van der Waals surface area (Å²) in [4.78, 5) is 16.7. The summed E-state index contributed by atoms with van der Waals surface area (Å²) >= 11 is 1.38. The minimum Gasteiger partial charge on any atom is -0.302 e. The molecule has 1 amide bonds. The lowest BCUT2D eigenvalue weighted by molar-refractivity contribution is -0.115. The van der Waals surface area contributed by atoms with Gasteiger partial charge in [-0.1, -0.05) is 41.7 Å². The van der Waals surface area contributed by atoms with E-state index in [0.29, 0.717) is 10.7 Å². The molecule has 0 fully saturated rings. The SMILES string of the molecule is CS(=O)(=O)c1ccccc1CC(=O)Nc1nc2ccccc2s1. The molecule has 118 valence electrons. The molecular formula is C16H14N2O3S2. The summed E-state index contributed by atoms with van der Waals surface area (Å²) in [6, 6.07) is 14.1. The van der Waals surface area contributed by atoms with Gasteiger partial charge in [-0.05, 0) is 23.8 Å². The number of hydrogen-bond acceptors (Lipinski definition) is 5. The lowest BCUT2D eigenvalue weighted by Crippen LogP contribution is -2.16. The molecule has 5 nitrogen and oxygen atoms in total. The van der Waals surface area contributed by atoms with Crippen molar-refractivity contribution in [2.24, 2.45) is 0 Å². The Hall–Kier alpha value is -2.25. The molecule has 3 rings (SSSR count). The van der Waals surface area contributed by atoms with E-state index in [1.54, 1.807) is 18.2 Å². The van der Waals surface area contributed by atoms with Gasteiger partial charge < -0.3 is 5.32 Å². The number of thiazole rings is 1. The van der Waals surface area contributed by atoms with Gasteiger partial charge in [-0.2, -0.15) is 0 Å². The van der Waals surface area contributed by atoms with Crippen molar-refractivity contribution < 1.29 is 13.2 Å². The van der Waals surface area contributed by atoms with E-state index in [0.717, 1.165) is 16.5 Å². The molecule has 1 aromatic heterocycles. The van der Waals surface area contributed by atoms with Gasteiger partial charge in [-0.3, -0.25) is 4.79 Å².